The van der Waals surface area contributed by atoms with Crippen LogP contribution in [0.3, 0.4) is 0 Å². The van der Waals surface area contributed by atoms with E-state index < -0.39 is 23.8 Å². The topological polar surface area (TPSA) is 46.5 Å². The van der Waals surface area contributed by atoms with Crippen LogP contribution in [0.25, 0.3) is 11.1 Å². The van der Waals surface area contributed by atoms with Crippen LogP contribution in [0.5, 0.6) is 5.75 Å². The lowest BCUT2D eigenvalue weighted by Crippen LogP contribution is -2.23. The average Bonchev–Trinajstić information content (AvgIpc) is 2.55. The number of hydrogen-bond acceptors (Lipinski definition) is 3. The molecule has 0 aliphatic carbocycles. The minimum absolute atomic E-state index is 0.104. The van der Waals surface area contributed by atoms with E-state index in [-0.39, 0.29) is 11.3 Å². The molecular formula is C19H19F3O3S. The number of halogens is 3. The number of rotatable bonds is 6. The highest BCUT2D eigenvalue weighted by atomic mass is 32.2. The molecule has 0 aromatic heterocycles. The third-order valence-electron chi connectivity index (χ3n) is 3.76. The van der Waals surface area contributed by atoms with E-state index in [0.29, 0.717) is 5.56 Å². The summed E-state index contributed by atoms with van der Waals surface area (Å²) >= 11 is 1.63. The van der Waals surface area contributed by atoms with Crippen LogP contribution in [0.4, 0.5) is 13.2 Å². The van der Waals surface area contributed by atoms with Crippen LogP contribution < -0.4 is 4.74 Å². The molecule has 0 bridgehead atoms. The van der Waals surface area contributed by atoms with Crippen LogP contribution in [-0.4, -0.2) is 22.9 Å². The number of carbonyl (C=O) groups is 1. The second-order valence-electron chi connectivity index (χ2n) is 5.72. The summed E-state index contributed by atoms with van der Waals surface area (Å²) in [6, 6.07) is 8.53. The summed E-state index contributed by atoms with van der Waals surface area (Å²) in [7, 11) is 0. The monoisotopic (exact) mass is 384 g/mol. The molecule has 0 saturated heterocycles. The molecule has 7 heteroatoms. The lowest BCUT2D eigenvalue weighted by Gasteiger charge is -2.18. The Hall–Kier alpha value is -2.15. The number of benzene rings is 2. The first kappa shape index (κ1) is 20.2. The molecule has 0 fully saturated rings. The molecule has 0 amide bonds. The molecule has 2 aromatic rings. The lowest BCUT2D eigenvalue weighted by molar-refractivity contribution is -0.144. The first-order chi connectivity index (χ1) is 12.1. The number of ether oxygens (including phenoxy) is 1. The molecule has 140 valence electrons. The van der Waals surface area contributed by atoms with Gasteiger partial charge in [0.15, 0.2) is 6.10 Å². The Morgan fingerprint density at radius 1 is 1.19 bits per heavy atom. The first-order valence-electron chi connectivity index (χ1n) is 7.98. The Balaban J connectivity index is 2.57. The van der Waals surface area contributed by atoms with Gasteiger partial charge in [-0.1, -0.05) is 13.0 Å². The van der Waals surface area contributed by atoms with Crippen LogP contribution in [0, 0.1) is 6.92 Å². The molecule has 0 saturated carbocycles. The molecule has 0 spiro atoms. The summed E-state index contributed by atoms with van der Waals surface area (Å²) in [4.78, 5) is 12.1. The summed E-state index contributed by atoms with van der Waals surface area (Å²) in [5, 5.41) is 9.03. The highest BCUT2D eigenvalue weighted by molar-refractivity contribution is 7.99. The van der Waals surface area contributed by atoms with E-state index in [2.05, 4.69) is 0 Å². The Bertz CT molecular complexity index is 803. The van der Waals surface area contributed by atoms with Gasteiger partial charge in [0.1, 0.15) is 5.75 Å². The Morgan fingerprint density at radius 2 is 1.88 bits per heavy atom. The number of aliphatic carboxylic acids is 1. The zero-order chi connectivity index (χ0) is 19.5. The highest BCUT2D eigenvalue weighted by Gasteiger charge is 2.31. The Labute approximate surface area is 154 Å². The predicted molar refractivity (Wildman–Crippen MR) is 95.7 cm³/mol. The van der Waals surface area contributed by atoms with E-state index in [1.165, 1.54) is 13.0 Å². The number of aryl methyl sites for hydroxylation is 1. The number of alkyl halides is 3. The Kier molecular flexibility index (Phi) is 6.23. The molecule has 0 unspecified atom stereocenters. The summed E-state index contributed by atoms with van der Waals surface area (Å²) < 4.78 is 44.8. The second kappa shape index (κ2) is 8.03. The van der Waals surface area contributed by atoms with Gasteiger partial charge < -0.3 is 9.84 Å². The maximum absolute atomic E-state index is 13.1. The van der Waals surface area contributed by atoms with Gasteiger partial charge in [0.25, 0.3) is 0 Å². The van der Waals surface area contributed by atoms with Crippen molar-refractivity contribution >= 4 is 17.7 Å². The van der Waals surface area contributed by atoms with Gasteiger partial charge in [-0.25, -0.2) is 4.79 Å². The molecule has 1 N–H and O–H groups in total. The maximum Gasteiger partial charge on any atom is 0.416 e. The van der Waals surface area contributed by atoms with E-state index >= 15 is 0 Å². The van der Waals surface area contributed by atoms with E-state index in [9.17, 15) is 18.0 Å². The predicted octanol–water partition coefficient (Wildman–Crippen LogP) is 5.64. The van der Waals surface area contributed by atoms with Gasteiger partial charge in [-0.3, -0.25) is 0 Å². The normalized spacial score (nSPS) is 12.7. The summed E-state index contributed by atoms with van der Waals surface area (Å²) in [6.07, 6.45) is -5.68. The molecule has 2 aromatic carbocycles. The van der Waals surface area contributed by atoms with Gasteiger partial charge in [-0.15, -0.1) is 11.8 Å². The quantitative estimate of drug-likeness (QED) is 0.654. The summed E-state index contributed by atoms with van der Waals surface area (Å²) in [6.45, 7) is 5.15. The lowest BCUT2D eigenvalue weighted by atomic mass is 9.97. The molecule has 0 radical (unpaired) electrons. The van der Waals surface area contributed by atoms with Crippen LogP contribution in [0.1, 0.15) is 25.0 Å². The second-order valence-corrected chi connectivity index (χ2v) is 7.05. The van der Waals surface area contributed by atoms with Gasteiger partial charge in [0.2, 0.25) is 0 Å². The summed E-state index contributed by atoms with van der Waals surface area (Å²) in [5.41, 5.74) is 0.771. The smallest absolute Gasteiger partial charge is 0.416 e. The highest BCUT2D eigenvalue weighted by Crippen LogP contribution is 2.39. The van der Waals surface area contributed by atoms with Crippen molar-refractivity contribution in [2.45, 2.75) is 37.9 Å². The molecule has 1 atom stereocenters. The van der Waals surface area contributed by atoms with E-state index in [0.717, 1.165) is 28.3 Å². The number of hydrogen-bond donors (Lipinski definition) is 1. The van der Waals surface area contributed by atoms with Crippen LogP contribution in [0.15, 0.2) is 41.3 Å². The number of thioether (sulfide) groups is 1. The first-order valence-corrected chi connectivity index (χ1v) is 8.96. The molecule has 0 aliphatic rings. The van der Waals surface area contributed by atoms with E-state index in [1.807, 2.05) is 19.1 Å². The van der Waals surface area contributed by atoms with Gasteiger partial charge in [-0.05, 0) is 61.1 Å². The fourth-order valence-corrected chi connectivity index (χ4v) is 3.21. The summed E-state index contributed by atoms with van der Waals surface area (Å²) in [5.74, 6) is -0.207. The van der Waals surface area contributed by atoms with Crippen molar-refractivity contribution in [1.29, 1.82) is 0 Å². The van der Waals surface area contributed by atoms with Gasteiger partial charge >= 0.3 is 12.1 Å². The zero-order valence-electron chi connectivity index (χ0n) is 14.6. The molecule has 0 heterocycles. The molecule has 3 nitrogen and oxygen atoms in total. The standard InChI is InChI=1S/C19H19F3O3S/c1-4-26-14-6-7-15(11(2)9-14)16-10-13(19(20,21)22)5-8-17(16)25-12(3)18(23)24/h5-10,12H,4H2,1-3H3,(H,23,24)/t12-/m1/s1. The molecule has 26 heavy (non-hydrogen) atoms. The van der Waals surface area contributed by atoms with Crippen molar-refractivity contribution < 1.29 is 27.8 Å². The van der Waals surface area contributed by atoms with Crippen molar-refractivity contribution in [2.24, 2.45) is 0 Å². The average molecular weight is 384 g/mol. The van der Waals surface area contributed by atoms with Gasteiger partial charge in [-0.2, -0.15) is 13.2 Å². The van der Waals surface area contributed by atoms with Crippen molar-refractivity contribution in [3.63, 3.8) is 0 Å². The minimum Gasteiger partial charge on any atom is -0.479 e. The maximum atomic E-state index is 13.1. The van der Waals surface area contributed by atoms with Crippen molar-refractivity contribution in [2.75, 3.05) is 5.75 Å². The number of carboxylic acids is 1. The zero-order valence-corrected chi connectivity index (χ0v) is 15.4. The largest absolute Gasteiger partial charge is 0.479 e. The SMILES string of the molecule is CCSc1ccc(-c2cc(C(F)(F)F)ccc2O[C@H](C)C(=O)O)c(C)c1. The molecule has 0 aliphatic heterocycles. The van der Waals surface area contributed by atoms with Crippen molar-refractivity contribution in [1.82, 2.24) is 0 Å². The Morgan fingerprint density at radius 3 is 2.42 bits per heavy atom. The minimum atomic E-state index is -4.50. The van der Waals surface area contributed by atoms with Crippen LogP contribution >= 0.6 is 11.8 Å². The number of carboxylic acid groups (broad SMARTS) is 1. The van der Waals surface area contributed by atoms with Crippen LogP contribution in [-0.2, 0) is 11.0 Å². The van der Waals surface area contributed by atoms with E-state index in [1.54, 1.807) is 24.8 Å². The van der Waals surface area contributed by atoms with Crippen LogP contribution in [0.2, 0.25) is 0 Å². The molecular weight excluding hydrogens is 365 g/mol. The third-order valence-corrected chi connectivity index (χ3v) is 4.63. The van der Waals surface area contributed by atoms with Gasteiger partial charge in [0, 0.05) is 10.5 Å². The fourth-order valence-electron chi connectivity index (χ4n) is 2.46. The van der Waals surface area contributed by atoms with E-state index in [4.69, 9.17) is 9.84 Å². The van der Waals surface area contributed by atoms with Gasteiger partial charge in [0.05, 0.1) is 5.56 Å². The van der Waals surface area contributed by atoms with Crippen molar-refractivity contribution in [3.8, 4) is 16.9 Å². The molecule has 2 rings (SSSR count). The fraction of sp³-hybridized carbons (Fsp3) is 0.316. The van der Waals surface area contributed by atoms with Crippen molar-refractivity contribution in [3.05, 3.63) is 47.5 Å². The third kappa shape index (κ3) is 4.72.